The molecule has 0 spiro atoms. The second kappa shape index (κ2) is 7.78. The molecule has 1 aliphatic rings. The van der Waals surface area contributed by atoms with E-state index in [1.54, 1.807) is 16.8 Å². The molecule has 0 bridgehead atoms. The van der Waals surface area contributed by atoms with E-state index in [9.17, 15) is 4.39 Å². The summed E-state index contributed by atoms with van der Waals surface area (Å²) in [5, 5.41) is 7.70. The summed E-state index contributed by atoms with van der Waals surface area (Å²) in [5.41, 5.74) is 4.13. The van der Waals surface area contributed by atoms with Crippen molar-refractivity contribution in [2.75, 3.05) is 19.7 Å². The zero-order chi connectivity index (χ0) is 16.4. The molecule has 1 aromatic heterocycles. The molecular weight excluding hydrogens is 341 g/mol. The Kier molecular flexibility index (Phi) is 5.48. The first-order valence-electron chi connectivity index (χ1n) is 8.03. The van der Waals surface area contributed by atoms with Crippen molar-refractivity contribution in [2.24, 2.45) is 0 Å². The van der Waals surface area contributed by atoms with Crippen LogP contribution in [0.5, 0.6) is 0 Å². The van der Waals surface area contributed by atoms with Crippen LogP contribution >= 0.6 is 12.4 Å². The number of rotatable bonds is 3. The average molecular weight is 360 g/mol. The smallest absolute Gasteiger partial charge is 0.123 e. The third-order valence-corrected chi connectivity index (χ3v) is 4.22. The highest BCUT2D eigenvalue weighted by Gasteiger charge is 2.15. The molecule has 0 radical (unpaired) electrons. The van der Waals surface area contributed by atoms with Gasteiger partial charge < -0.3 is 10.1 Å². The maximum Gasteiger partial charge on any atom is 0.123 e. The number of nitrogens with one attached hydrogen (secondary N) is 1. The second-order valence-electron chi connectivity index (χ2n) is 5.84. The quantitative estimate of drug-likeness (QED) is 0.774. The van der Waals surface area contributed by atoms with Crippen LogP contribution in [-0.4, -0.2) is 29.5 Å². The Morgan fingerprint density at radius 1 is 1.04 bits per heavy atom. The zero-order valence-electron chi connectivity index (χ0n) is 13.6. The van der Waals surface area contributed by atoms with E-state index in [4.69, 9.17) is 4.74 Å². The van der Waals surface area contributed by atoms with Gasteiger partial charge in [-0.25, -0.2) is 9.07 Å². The Balaban J connectivity index is 0.00000182. The van der Waals surface area contributed by atoms with Crippen LogP contribution in [0.1, 0.15) is 11.7 Å². The molecule has 1 N–H and O–H groups in total. The number of halogens is 2. The van der Waals surface area contributed by atoms with Gasteiger partial charge in [-0.05, 0) is 35.4 Å². The number of aromatic nitrogens is 2. The molecule has 6 heteroatoms. The van der Waals surface area contributed by atoms with Gasteiger partial charge in [-0.15, -0.1) is 12.4 Å². The molecule has 2 aromatic carbocycles. The standard InChI is InChI=1S/C19H18FN3O.ClH/c20-17-5-7-18(8-6-17)23-13-16(11-22-23)14-1-3-15(4-2-14)19-12-21-9-10-24-19;/h1-8,11,13,19,21H,9-10,12H2;1H/t19-;/m1./s1. The highest BCUT2D eigenvalue weighted by atomic mass is 35.5. The number of nitrogens with zero attached hydrogens (tertiary/aromatic N) is 2. The first-order chi connectivity index (χ1) is 11.8. The van der Waals surface area contributed by atoms with Gasteiger partial charge in [0.2, 0.25) is 0 Å². The van der Waals surface area contributed by atoms with E-state index < -0.39 is 0 Å². The van der Waals surface area contributed by atoms with E-state index in [0.29, 0.717) is 0 Å². The van der Waals surface area contributed by atoms with Gasteiger partial charge in [0.15, 0.2) is 0 Å². The lowest BCUT2D eigenvalue weighted by Gasteiger charge is -2.24. The molecule has 0 amide bonds. The highest BCUT2D eigenvalue weighted by Crippen LogP contribution is 2.24. The number of hydrogen-bond acceptors (Lipinski definition) is 3. The van der Waals surface area contributed by atoms with Gasteiger partial charge in [0.1, 0.15) is 5.82 Å². The number of hydrogen-bond donors (Lipinski definition) is 1. The van der Waals surface area contributed by atoms with Crippen molar-refractivity contribution in [3.05, 3.63) is 72.3 Å². The predicted octanol–water partition coefficient (Wildman–Crippen LogP) is 3.76. The van der Waals surface area contributed by atoms with Crippen LogP contribution in [0.3, 0.4) is 0 Å². The van der Waals surface area contributed by atoms with Crippen molar-refractivity contribution >= 4 is 12.4 Å². The Morgan fingerprint density at radius 2 is 1.80 bits per heavy atom. The summed E-state index contributed by atoms with van der Waals surface area (Å²) in [4.78, 5) is 0. The SMILES string of the molecule is Cl.Fc1ccc(-n2cc(-c3ccc([C@H]4CNCCO4)cc3)cn2)cc1. The lowest BCUT2D eigenvalue weighted by Crippen LogP contribution is -2.33. The number of morpholine rings is 1. The minimum Gasteiger partial charge on any atom is -0.371 e. The van der Waals surface area contributed by atoms with E-state index in [0.717, 1.165) is 36.5 Å². The molecule has 1 fully saturated rings. The van der Waals surface area contributed by atoms with Crippen LogP contribution in [0.4, 0.5) is 4.39 Å². The van der Waals surface area contributed by atoms with Crippen LogP contribution in [0.15, 0.2) is 60.9 Å². The molecule has 25 heavy (non-hydrogen) atoms. The summed E-state index contributed by atoms with van der Waals surface area (Å²) < 4.78 is 20.5. The molecule has 4 rings (SSSR count). The normalized spacial score (nSPS) is 17.1. The Morgan fingerprint density at radius 3 is 2.48 bits per heavy atom. The zero-order valence-corrected chi connectivity index (χ0v) is 14.4. The van der Waals surface area contributed by atoms with Crippen LogP contribution < -0.4 is 5.32 Å². The minimum absolute atomic E-state index is 0. The van der Waals surface area contributed by atoms with Gasteiger partial charge in [-0.1, -0.05) is 24.3 Å². The van der Waals surface area contributed by atoms with Gasteiger partial charge in [-0.3, -0.25) is 0 Å². The molecule has 130 valence electrons. The van der Waals surface area contributed by atoms with Crippen molar-refractivity contribution in [3.63, 3.8) is 0 Å². The second-order valence-corrected chi connectivity index (χ2v) is 5.84. The van der Waals surface area contributed by atoms with E-state index in [2.05, 4.69) is 34.7 Å². The largest absolute Gasteiger partial charge is 0.371 e. The highest BCUT2D eigenvalue weighted by molar-refractivity contribution is 5.85. The molecule has 4 nitrogen and oxygen atoms in total. The topological polar surface area (TPSA) is 39.1 Å². The van der Waals surface area contributed by atoms with E-state index in [1.165, 1.54) is 17.7 Å². The molecule has 0 saturated carbocycles. The molecule has 0 unspecified atom stereocenters. The van der Waals surface area contributed by atoms with Crippen molar-refractivity contribution < 1.29 is 9.13 Å². The average Bonchev–Trinajstić information content (AvgIpc) is 3.13. The lowest BCUT2D eigenvalue weighted by atomic mass is 10.0. The van der Waals surface area contributed by atoms with Crippen LogP contribution in [0.25, 0.3) is 16.8 Å². The van der Waals surface area contributed by atoms with Crippen molar-refractivity contribution in [1.29, 1.82) is 0 Å². The van der Waals surface area contributed by atoms with E-state index >= 15 is 0 Å². The Labute approximate surface area is 152 Å². The summed E-state index contributed by atoms with van der Waals surface area (Å²) in [6.45, 7) is 2.51. The fourth-order valence-electron chi connectivity index (χ4n) is 2.88. The molecule has 1 atom stereocenters. The fourth-order valence-corrected chi connectivity index (χ4v) is 2.88. The predicted molar refractivity (Wildman–Crippen MR) is 97.8 cm³/mol. The Hall–Kier alpha value is -2.21. The lowest BCUT2D eigenvalue weighted by molar-refractivity contribution is 0.0277. The van der Waals surface area contributed by atoms with Gasteiger partial charge >= 0.3 is 0 Å². The monoisotopic (exact) mass is 359 g/mol. The van der Waals surface area contributed by atoms with Crippen LogP contribution in [-0.2, 0) is 4.74 Å². The Bertz CT molecular complexity index is 811. The van der Waals surface area contributed by atoms with E-state index in [1.807, 2.05) is 12.4 Å². The third kappa shape index (κ3) is 3.90. The van der Waals surface area contributed by atoms with Gasteiger partial charge in [0.25, 0.3) is 0 Å². The van der Waals surface area contributed by atoms with Gasteiger partial charge in [0, 0.05) is 24.8 Å². The van der Waals surface area contributed by atoms with Crippen LogP contribution in [0, 0.1) is 5.82 Å². The van der Waals surface area contributed by atoms with Crippen molar-refractivity contribution in [3.8, 4) is 16.8 Å². The summed E-state index contributed by atoms with van der Waals surface area (Å²) in [7, 11) is 0. The van der Waals surface area contributed by atoms with Crippen molar-refractivity contribution in [2.45, 2.75) is 6.10 Å². The van der Waals surface area contributed by atoms with E-state index in [-0.39, 0.29) is 24.3 Å². The maximum atomic E-state index is 13.0. The van der Waals surface area contributed by atoms with Crippen molar-refractivity contribution in [1.82, 2.24) is 15.1 Å². The fraction of sp³-hybridized carbons (Fsp3) is 0.211. The summed E-state index contributed by atoms with van der Waals surface area (Å²) >= 11 is 0. The maximum absolute atomic E-state index is 13.0. The minimum atomic E-state index is -0.249. The first kappa shape index (κ1) is 17.6. The summed E-state index contributed by atoms with van der Waals surface area (Å²) in [6, 6.07) is 14.7. The molecule has 1 aliphatic heterocycles. The van der Waals surface area contributed by atoms with Gasteiger partial charge in [-0.2, -0.15) is 5.10 Å². The summed E-state index contributed by atoms with van der Waals surface area (Å²) in [6.07, 6.45) is 3.88. The molecule has 1 saturated heterocycles. The molecule has 3 aromatic rings. The summed E-state index contributed by atoms with van der Waals surface area (Å²) in [5.74, 6) is -0.249. The van der Waals surface area contributed by atoms with Crippen LogP contribution in [0.2, 0.25) is 0 Å². The first-order valence-corrected chi connectivity index (χ1v) is 8.03. The molecular formula is C19H19ClFN3O. The number of ether oxygens (including phenoxy) is 1. The third-order valence-electron chi connectivity index (χ3n) is 4.22. The molecule has 0 aliphatic carbocycles. The van der Waals surface area contributed by atoms with Gasteiger partial charge in [0.05, 0.1) is 24.6 Å². The molecule has 2 heterocycles. The number of benzene rings is 2.